The fraction of sp³-hybridized carbons (Fsp3) is 0.667. The third-order valence-electron chi connectivity index (χ3n) is 3.37. The van der Waals surface area contributed by atoms with Gasteiger partial charge in [0.05, 0.1) is 18.1 Å². The molecule has 0 radical (unpaired) electrons. The lowest BCUT2D eigenvalue weighted by atomic mass is 9.82. The molecule has 2 rings (SSSR count). The lowest BCUT2D eigenvalue weighted by Gasteiger charge is -2.35. The minimum Gasteiger partial charge on any atom is -0.379 e. The summed E-state index contributed by atoms with van der Waals surface area (Å²) in [5.41, 5.74) is -0.782. The van der Waals surface area contributed by atoms with Crippen molar-refractivity contribution in [2.24, 2.45) is 5.41 Å². The third-order valence-corrected chi connectivity index (χ3v) is 3.37. The number of hydrogen-bond acceptors (Lipinski definition) is 4. The largest absolute Gasteiger partial charge is 0.379 e. The van der Waals surface area contributed by atoms with Crippen LogP contribution in [0.25, 0.3) is 0 Å². The molecule has 1 unspecified atom stereocenters. The highest BCUT2D eigenvalue weighted by molar-refractivity contribution is 5.27. The second-order valence-electron chi connectivity index (χ2n) is 5.09. The molecule has 0 N–H and O–H groups in total. The van der Waals surface area contributed by atoms with E-state index in [0.29, 0.717) is 26.2 Å². The van der Waals surface area contributed by atoms with Crippen LogP contribution in [0, 0.1) is 15.5 Å². The first-order chi connectivity index (χ1) is 8.50. The van der Waals surface area contributed by atoms with E-state index in [-0.39, 0.29) is 5.41 Å². The third kappa shape index (κ3) is 2.94. The zero-order valence-electron chi connectivity index (χ0n) is 10.4. The fourth-order valence-corrected chi connectivity index (χ4v) is 2.41. The highest BCUT2D eigenvalue weighted by Crippen LogP contribution is 2.34. The summed E-state index contributed by atoms with van der Waals surface area (Å²) in [4.78, 5) is 12.1. The average molecular weight is 256 g/mol. The highest BCUT2D eigenvalue weighted by atomic mass is 19.1. The minimum absolute atomic E-state index is 0.374. The highest BCUT2D eigenvalue weighted by Gasteiger charge is 2.33. The summed E-state index contributed by atoms with van der Waals surface area (Å²) < 4.78 is 18.9. The molecular weight excluding hydrogens is 239 g/mol. The van der Waals surface area contributed by atoms with Crippen molar-refractivity contribution in [1.82, 2.24) is 4.90 Å². The van der Waals surface area contributed by atoms with Crippen LogP contribution in [0.2, 0.25) is 0 Å². The van der Waals surface area contributed by atoms with Crippen molar-refractivity contribution in [2.45, 2.75) is 13.3 Å². The van der Waals surface area contributed by atoms with Gasteiger partial charge in [0.2, 0.25) is 0 Å². The number of morpholine rings is 1. The second kappa shape index (κ2) is 5.16. The van der Waals surface area contributed by atoms with Crippen molar-refractivity contribution in [1.29, 1.82) is 0 Å². The number of allylic oxidation sites excluding steroid dienone is 2. The van der Waals surface area contributed by atoms with E-state index in [0.717, 1.165) is 13.1 Å². The number of halogens is 1. The molecule has 0 amide bonds. The molecule has 0 spiro atoms. The molecule has 0 aromatic rings. The average Bonchev–Trinajstić information content (AvgIpc) is 2.29. The Morgan fingerprint density at radius 3 is 2.78 bits per heavy atom. The lowest BCUT2D eigenvalue weighted by Crippen LogP contribution is -2.42. The molecule has 1 saturated heterocycles. The van der Waals surface area contributed by atoms with Gasteiger partial charge >= 0.3 is 5.70 Å². The maximum Gasteiger partial charge on any atom is 0.300 e. The van der Waals surface area contributed by atoms with E-state index in [1.54, 1.807) is 0 Å². The van der Waals surface area contributed by atoms with Gasteiger partial charge in [-0.1, -0.05) is 6.92 Å². The van der Waals surface area contributed by atoms with E-state index in [1.165, 1.54) is 12.2 Å². The fourth-order valence-electron chi connectivity index (χ4n) is 2.41. The number of nitro groups is 1. The Bertz CT molecular complexity index is 402. The zero-order chi connectivity index (χ0) is 13.2. The molecule has 100 valence electrons. The quantitative estimate of drug-likeness (QED) is 0.570. The van der Waals surface area contributed by atoms with Crippen molar-refractivity contribution in [2.75, 3.05) is 32.8 Å². The molecule has 18 heavy (non-hydrogen) atoms. The van der Waals surface area contributed by atoms with E-state index in [4.69, 9.17) is 4.74 Å². The predicted octanol–water partition coefficient (Wildman–Crippen LogP) is 1.74. The van der Waals surface area contributed by atoms with Gasteiger partial charge in [-0.05, 0) is 18.6 Å². The summed E-state index contributed by atoms with van der Waals surface area (Å²) in [6.45, 7) is 5.67. The van der Waals surface area contributed by atoms with Crippen molar-refractivity contribution < 1.29 is 14.1 Å². The molecule has 1 fully saturated rings. The van der Waals surface area contributed by atoms with E-state index < -0.39 is 16.4 Å². The number of hydrogen-bond donors (Lipinski definition) is 0. The van der Waals surface area contributed by atoms with Gasteiger partial charge in [-0.15, -0.1) is 0 Å². The summed E-state index contributed by atoms with van der Waals surface area (Å²) in [6, 6.07) is 0. The van der Waals surface area contributed by atoms with Crippen molar-refractivity contribution in [3.63, 3.8) is 0 Å². The molecule has 0 saturated carbocycles. The van der Waals surface area contributed by atoms with Crippen LogP contribution in [0.15, 0.2) is 23.7 Å². The topological polar surface area (TPSA) is 55.6 Å². The first kappa shape index (κ1) is 13.2. The molecule has 1 heterocycles. The van der Waals surface area contributed by atoms with Gasteiger partial charge < -0.3 is 4.74 Å². The standard InChI is InChI=1S/C12H17FN2O3/c1-12(9-14-4-6-18-7-5-14)3-2-11(15(16)17)10(13)8-12/h2,8H,3-7,9H2,1H3. The maximum atomic E-state index is 13.7. The Hall–Kier alpha value is -1.27. The van der Waals surface area contributed by atoms with Crippen molar-refractivity contribution in [3.8, 4) is 0 Å². The zero-order valence-corrected chi connectivity index (χ0v) is 10.4. The van der Waals surface area contributed by atoms with E-state index in [9.17, 15) is 14.5 Å². The molecule has 2 aliphatic rings. The lowest BCUT2D eigenvalue weighted by molar-refractivity contribution is -0.423. The molecule has 6 heteroatoms. The van der Waals surface area contributed by atoms with Crippen LogP contribution >= 0.6 is 0 Å². The van der Waals surface area contributed by atoms with Crippen LogP contribution in [0.1, 0.15) is 13.3 Å². The van der Waals surface area contributed by atoms with Crippen LogP contribution in [0.5, 0.6) is 0 Å². The van der Waals surface area contributed by atoms with Gasteiger partial charge in [-0.2, -0.15) is 4.39 Å². The summed E-state index contributed by atoms with van der Waals surface area (Å²) >= 11 is 0. The molecule has 0 bridgehead atoms. The van der Waals surface area contributed by atoms with Gasteiger partial charge in [0.1, 0.15) is 0 Å². The van der Waals surface area contributed by atoms with Crippen molar-refractivity contribution in [3.05, 3.63) is 33.8 Å². The Morgan fingerprint density at radius 1 is 1.56 bits per heavy atom. The Morgan fingerprint density at radius 2 is 2.22 bits per heavy atom. The first-order valence-electron chi connectivity index (χ1n) is 6.04. The summed E-state index contributed by atoms with van der Waals surface area (Å²) in [5.74, 6) is -0.720. The van der Waals surface area contributed by atoms with Gasteiger partial charge in [-0.25, -0.2) is 0 Å². The molecular formula is C12H17FN2O3. The molecule has 0 aromatic carbocycles. The van der Waals surface area contributed by atoms with Crippen LogP contribution < -0.4 is 0 Å². The Balaban J connectivity index is 2.03. The van der Waals surface area contributed by atoms with Crippen LogP contribution in [-0.4, -0.2) is 42.7 Å². The monoisotopic (exact) mass is 256 g/mol. The molecule has 1 aliphatic carbocycles. The predicted molar refractivity (Wildman–Crippen MR) is 64.3 cm³/mol. The number of ether oxygens (including phenoxy) is 1. The summed E-state index contributed by atoms with van der Waals surface area (Å²) in [5, 5.41) is 10.6. The molecule has 1 aliphatic heterocycles. The van der Waals surface area contributed by atoms with Crippen LogP contribution in [-0.2, 0) is 4.74 Å². The molecule has 0 aromatic heterocycles. The van der Waals surface area contributed by atoms with E-state index >= 15 is 0 Å². The molecule has 1 atom stereocenters. The summed E-state index contributed by atoms with van der Waals surface area (Å²) in [7, 11) is 0. The van der Waals surface area contributed by atoms with Gasteiger partial charge in [0.25, 0.3) is 0 Å². The minimum atomic E-state index is -0.720. The summed E-state index contributed by atoms with van der Waals surface area (Å²) in [6.07, 6.45) is 3.27. The van der Waals surface area contributed by atoms with Crippen molar-refractivity contribution >= 4 is 0 Å². The van der Waals surface area contributed by atoms with E-state index in [2.05, 4.69) is 4.90 Å². The van der Waals surface area contributed by atoms with Gasteiger partial charge in [-0.3, -0.25) is 15.0 Å². The van der Waals surface area contributed by atoms with E-state index in [1.807, 2.05) is 6.92 Å². The SMILES string of the molecule is CC1(CN2CCOCC2)C=C(F)C([N+](=O)[O-])=CC1. The van der Waals surface area contributed by atoms with Crippen LogP contribution in [0.3, 0.4) is 0 Å². The number of nitrogens with zero attached hydrogens (tertiary/aromatic N) is 2. The van der Waals surface area contributed by atoms with Gasteiger partial charge in [0.15, 0.2) is 5.83 Å². The smallest absolute Gasteiger partial charge is 0.300 e. The van der Waals surface area contributed by atoms with Gasteiger partial charge in [0, 0.05) is 25.0 Å². The second-order valence-corrected chi connectivity index (χ2v) is 5.09. The Kier molecular flexibility index (Phi) is 3.77. The number of rotatable bonds is 3. The Labute approximate surface area is 105 Å². The first-order valence-corrected chi connectivity index (χ1v) is 6.04. The van der Waals surface area contributed by atoms with Crippen LogP contribution in [0.4, 0.5) is 4.39 Å². The maximum absolute atomic E-state index is 13.7. The normalized spacial score (nSPS) is 29.7. The molecule has 5 nitrogen and oxygen atoms in total.